The fourth-order valence-corrected chi connectivity index (χ4v) is 4.05. The van der Waals surface area contributed by atoms with E-state index >= 15 is 0 Å². The molecule has 0 saturated carbocycles. The molecular weight excluding hydrogens is 428 g/mol. The fourth-order valence-electron chi connectivity index (χ4n) is 4.05. The number of methoxy groups -OCH3 is 1. The van der Waals surface area contributed by atoms with Crippen molar-refractivity contribution < 1.29 is 9.47 Å². The number of rotatable bonds is 7. The second-order valence-corrected chi connectivity index (χ2v) is 8.14. The Morgan fingerprint density at radius 3 is 2.59 bits per heavy atom. The van der Waals surface area contributed by atoms with E-state index < -0.39 is 0 Å². The minimum atomic E-state index is -0.190. The zero-order valence-electron chi connectivity index (χ0n) is 19.4. The number of benzene rings is 2. The van der Waals surface area contributed by atoms with Gasteiger partial charge in [-0.05, 0) is 73.5 Å². The number of aromatic nitrogens is 3. The number of nitrogens with one attached hydrogen (secondary N) is 2. The molecule has 34 heavy (non-hydrogen) atoms. The molecule has 0 aliphatic carbocycles. The van der Waals surface area contributed by atoms with Crippen LogP contribution in [0.2, 0.25) is 0 Å². The number of hydrogen-bond donors (Lipinski definition) is 2. The number of imidazole rings is 1. The molecule has 0 aliphatic heterocycles. The van der Waals surface area contributed by atoms with Gasteiger partial charge in [-0.15, -0.1) is 0 Å². The van der Waals surface area contributed by atoms with Gasteiger partial charge < -0.3 is 19.8 Å². The summed E-state index contributed by atoms with van der Waals surface area (Å²) in [5, 5.41) is 4.38. The van der Waals surface area contributed by atoms with Crippen LogP contribution in [-0.4, -0.2) is 28.1 Å². The van der Waals surface area contributed by atoms with Crippen LogP contribution < -0.4 is 20.3 Å². The van der Waals surface area contributed by atoms with Gasteiger partial charge in [0.1, 0.15) is 28.7 Å². The Morgan fingerprint density at radius 1 is 1.03 bits per heavy atom. The molecule has 2 N–H and O–H groups in total. The third-order valence-corrected chi connectivity index (χ3v) is 5.78. The topological polar surface area (TPSA) is 80.7 Å². The number of ether oxygens (including phenoxy) is 2. The number of anilines is 1. The fraction of sp³-hybridized carbons (Fsp3) is 0.185. The third kappa shape index (κ3) is 4.08. The highest BCUT2D eigenvalue weighted by molar-refractivity contribution is 5.87. The average molecular weight is 455 g/mol. The summed E-state index contributed by atoms with van der Waals surface area (Å²) in [6.45, 7) is 5.12. The van der Waals surface area contributed by atoms with E-state index in [9.17, 15) is 4.79 Å². The highest BCUT2D eigenvalue weighted by Gasteiger charge is 2.18. The molecule has 2 aromatic carbocycles. The SMILES string of the molecule is CCOc1ccc2[nH]c(=O)c(-c3nc4cc(C)ccn4c3NCc3ccc(OC)cc3)cc2c1. The molecule has 5 aromatic rings. The maximum Gasteiger partial charge on any atom is 0.258 e. The first-order chi connectivity index (χ1) is 16.6. The van der Waals surface area contributed by atoms with E-state index in [2.05, 4.69) is 10.3 Å². The van der Waals surface area contributed by atoms with E-state index in [1.807, 2.05) is 85.1 Å². The minimum Gasteiger partial charge on any atom is -0.497 e. The zero-order valence-corrected chi connectivity index (χ0v) is 19.4. The molecule has 5 rings (SSSR count). The highest BCUT2D eigenvalue weighted by atomic mass is 16.5. The van der Waals surface area contributed by atoms with Gasteiger partial charge in [-0.3, -0.25) is 9.20 Å². The van der Waals surface area contributed by atoms with E-state index in [0.717, 1.165) is 45.0 Å². The predicted octanol–water partition coefficient (Wildman–Crippen LogP) is 5.17. The van der Waals surface area contributed by atoms with E-state index in [1.165, 1.54) is 0 Å². The van der Waals surface area contributed by atoms with Crippen LogP contribution in [0.3, 0.4) is 0 Å². The summed E-state index contributed by atoms with van der Waals surface area (Å²) in [6, 6.07) is 19.4. The largest absolute Gasteiger partial charge is 0.497 e. The van der Waals surface area contributed by atoms with Crippen molar-refractivity contribution in [3.63, 3.8) is 0 Å². The second-order valence-electron chi connectivity index (χ2n) is 8.14. The first-order valence-corrected chi connectivity index (χ1v) is 11.2. The third-order valence-electron chi connectivity index (χ3n) is 5.78. The number of aryl methyl sites for hydroxylation is 1. The smallest absolute Gasteiger partial charge is 0.258 e. The van der Waals surface area contributed by atoms with E-state index in [-0.39, 0.29) is 5.56 Å². The van der Waals surface area contributed by atoms with Crippen LogP contribution in [0.25, 0.3) is 27.8 Å². The van der Waals surface area contributed by atoms with Crippen LogP contribution in [0.4, 0.5) is 5.82 Å². The van der Waals surface area contributed by atoms with Gasteiger partial charge in [0.05, 0.1) is 19.3 Å². The number of pyridine rings is 2. The summed E-state index contributed by atoms with van der Waals surface area (Å²) < 4.78 is 12.9. The molecule has 0 amide bonds. The molecule has 0 atom stereocenters. The average Bonchev–Trinajstić information content (AvgIpc) is 3.20. The van der Waals surface area contributed by atoms with Crippen LogP contribution in [-0.2, 0) is 6.54 Å². The summed E-state index contributed by atoms with van der Waals surface area (Å²) in [4.78, 5) is 20.9. The van der Waals surface area contributed by atoms with Crippen molar-refractivity contribution in [1.82, 2.24) is 14.4 Å². The standard InChI is InChI=1S/C27H26N4O3/c1-4-34-21-9-10-23-19(14-21)15-22(27(32)29-23)25-26(31-12-11-17(2)13-24(31)30-25)28-16-18-5-7-20(33-3)8-6-18/h5-15,28H,4,16H2,1-3H3,(H,29,32). The lowest BCUT2D eigenvalue weighted by Gasteiger charge is -2.10. The van der Waals surface area contributed by atoms with E-state index in [1.54, 1.807) is 7.11 Å². The Kier molecular flexibility index (Phi) is 5.67. The molecule has 0 spiro atoms. The summed E-state index contributed by atoms with van der Waals surface area (Å²) in [7, 11) is 1.65. The lowest BCUT2D eigenvalue weighted by Crippen LogP contribution is -2.11. The zero-order chi connectivity index (χ0) is 23.7. The van der Waals surface area contributed by atoms with Crippen LogP contribution in [0, 0.1) is 6.92 Å². The molecule has 0 aliphatic rings. The Labute approximate surface area is 197 Å². The minimum absolute atomic E-state index is 0.190. The Bertz CT molecular complexity index is 1530. The number of aromatic amines is 1. The highest BCUT2D eigenvalue weighted by Crippen LogP contribution is 2.30. The van der Waals surface area contributed by atoms with Gasteiger partial charge in [-0.1, -0.05) is 12.1 Å². The summed E-state index contributed by atoms with van der Waals surface area (Å²) in [6.07, 6.45) is 1.97. The molecule has 7 nitrogen and oxygen atoms in total. The van der Waals surface area contributed by atoms with Crippen molar-refractivity contribution in [2.24, 2.45) is 0 Å². The lowest BCUT2D eigenvalue weighted by molar-refractivity contribution is 0.340. The first kappa shape index (κ1) is 21.6. The van der Waals surface area contributed by atoms with Crippen LogP contribution in [0.15, 0.2) is 71.7 Å². The van der Waals surface area contributed by atoms with E-state index in [0.29, 0.717) is 24.4 Å². The Morgan fingerprint density at radius 2 is 1.82 bits per heavy atom. The van der Waals surface area contributed by atoms with Gasteiger partial charge in [0.2, 0.25) is 0 Å². The molecule has 3 aromatic heterocycles. The van der Waals surface area contributed by atoms with Crippen molar-refractivity contribution in [1.29, 1.82) is 0 Å². The molecule has 0 bridgehead atoms. The number of fused-ring (bicyclic) bond motifs is 2. The number of nitrogens with zero attached hydrogens (tertiary/aromatic N) is 2. The van der Waals surface area contributed by atoms with Crippen molar-refractivity contribution >= 4 is 22.4 Å². The second kappa shape index (κ2) is 8.94. The van der Waals surface area contributed by atoms with E-state index in [4.69, 9.17) is 14.5 Å². The van der Waals surface area contributed by atoms with Crippen LogP contribution in [0.1, 0.15) is 18.1 Å². The predicted molar refractivity (Wildman–Crippen MR) is 135 cm³/mol. The molecular formula is C27H26N4O3. The van der Waals surface area contributed by atoms with Gasteiger partial charge in [0.15, 0.2) is 0 Å². The number of hydrogen-bond acceptors (Lipinski definition) is 5. The maximum absolute atomic E-state index is 13.1. The van der Waals surface area contributed by atoms with Gasteiger partial charge in [-0.2, -0.15) is 0 Å². The first-order valence-electron chi connectivity index (χ1n) is 11.2. The summed E-state index contributed by atoms with van der Waals surface area (Å²) >= 11 is 0. The molecule has 3 heterocycles. The molecule has 0 fully saturated rings. The van der Waals surface area contributed by atoms with Gasteiger partial charge in [0.25, 0.3) is 5.56 Å². The monoisotopic (exact) mass is 454 g/mol. The summed E-state index contributed by atoms with van der Waals surface area (Å²) in [5.41, 5.74) is 4.62. The normalized spacial score (nSPS) is 11.1. The molecule has 0 unspecified atom stereocenters. The van der Waals surface area contributed by atoms with Crippen molar-refractivity contribution in [3.05, 3.63) is 88.3 Å². The van der Waals surface area contributed by atoms with Gasteiger partial charge in [0, 0.05) is 23.6 Å². The Balaban J connectivity index is 1.61. The van der Waals surface area contributed by atoms with Crippen molar-refractivity contribution in [2.75, 3.05) is 19.0 Å². The quantitative estimate of drug-likeness (QED) is 0.355. The maximum atomic E-state index is 13.1. The molecule has 172 valence electrons. The number of H-pyrrole nitrogens is 1. The molecule has 0 radical (unpaired) electrons. The summed E-state index contributed by atoms with van der Waals surface area (Å²) in [5.74, 6) is 2.33. The van der Waals surface area contributed by atoms with Gasteiger partial charge >= 0.3 is 0 Å². The molecule has 7 heteroatoms. The van der Waals surface area contributed by atoms with Crippen LogP contribution in [0.5, 0.6) is 11.5 Å². The van der Waals surface area contributed by atoms with Crippen molar-refractivity contribution in [3.8, 4) is 22.8 Å². The Hall–Kier alpha value is -4.26. The van der Waals surface area contributed by atoms with Crippen molar-refractivity contribution in [2.45, 2.75) is 20.4 Å². The van der Waals surface area contributed by atoms with Gasteiger partial charge in [-0.25, -0.2) is 4.98 Å². The molecule has 0 saturated heterocycles. The lowest BCUT2D eigenvalue weighted by atomic mass is 10.1. The van der Waals surface area contributed by atoms with Crippen LogP contribution >= 0.6 is 0 Å².